The van der Waals surface area contributed by atoms with Gasteiger partial charge >= 0.3 is 5.97 Å². The lowest BCUT2D eigenvalue weighted by Crippen LogP contribution is -2.46. The molecule has 0 heterocycles. The number of ether oxygens (including phenoxy) is 1. The summed E-state index contributed by atoms with van der Waals surface area (Å²) in [5, 5.41) is 0. The summed E-state index contributed by atoms with van der Waals surface area (Å²) in [6.45, 7) is 2.20. The summed E-state index contributed by atoms with van der Waals surface area (Å²) >= 11 is 0. The van der Waals surface area contributed by atoms with Gasteiger partial charge in [-0.1, -0.05) is 19.3 Å². The van der Waals surface area contributed by atoms with Crippen LogP contribution in [0.5, 0.6) is 0 Å². The molecule has 0 atom stereocenters. The predicted molar refractivity (Wildman–Crippen MR) is 77.4 cm³/mol. The Kier molecular flexibility index (Phi) is 6.91. The maximum Gasteiger partial charge on any atom is 0.307 e. The van der Waals surface area contributed by atoms with Crippen molar-refractivity contribution in [2.75, 3.05) is 27.2 Å². The minimum atomic E-state index is -3.49. The Morgan fingerprint density at radius 1 is 1.20 bits per heavy atom. The molecule has 7 heteroatoms. The minimum Gasteiger partial charge on any atom is -0.466 e. The number of nitrogens with zero attached hydrogens (tertiary/aromatic N) is 2. The highest BCUT2D eigenvalue weighted by Crippen LogP contribution is 2.24. The first kappa shape index (κ1) is 17.4. The van der Waals surface area contributed by atoms with Gasteiger partial charge in [-0.15, -0.1) is 0 Å². The molecule has 1 saturated carbocycles. The second-order valence-corrected chi connectivity index (χ2v) is 7.29. The first-order valence-corrected chi connectivity index (χ1v) is 8.64. The average molecular weight is 306 g/mol. The van der Waals surface area contributed by atoms with Crippen LogP contribution in [0.4, 0.5) is 0 Å². The van der Waals surface area contributed by atoms with Gasteiger partial charge in [0.2, 0.25) is 0 Å². The molecule has 1 fully saturated rings. The van der Waals surface area contributed by atoms with Crippen molar-refractivity contribution in [1.29, 1.82) is 0 Å². The molecule has 20 heavy (non-hydrogen) atoms. The monoisotopic (exact) mass is 306 g/mol. The van der Waals surface area contributed by atoms with E-state index in [1.54, 1.807) is 14.0 Å². The quantitative estimate of drug-likeness (QED) is 0.667. The van der Waals surface area contributed by atoms with E-state index >= 15 is 0 Å². The lowest BCUT2D eigenvalue weighted by Gasteiger charge is -2.33. The van der Waals surface area contributed by atoms with Gasteiger partial charge in [0.15, 0.2) is 0 Å². The third kappa shape index (κ3) is 4.71. The van der Waals surface area contributed by atoms with E-state index in [-0.39, 0.29) is 25.0 Å². The molecule has 0 saturated heterocycles. The fourth-order valence-corrected chi connectivity index (χ4v) is 3.80. The van der Waals surface area contributed by atoms with E-state index in [4.69, 9.17) is 4.74 Å². The summed E-state index contributed by atoms with van der Waals surface area (Å²) in [6, 6.07) is 0.0822. The molecule has 0 N–H and O–H groups in total. The molecular formula is C13H26N2O4S. The van der Waals surface area contributed by atoms with Crippen molar-refractivity contribution in [3.63, 3.8) is 0 Å². The standard InChI is InChI=1S/C13H26N2O4S/c1-4-19-13(16)10-11-14(2)20(17,18)15(3)12-8-6-5-7-9-12/h12H,4-11H2,1-3H3. The van der Waals surface area contributed by atoms with E-state index in [1.807, 2.05) is 0 Å². The van der Waals surface area contributed by atoms with Gasteiger partial charge in [0.1, 0.15) is 0 Å². The Balaban J connectivity index is 2.55. The summed E-state index contributed by atoms with van der Waals surface area (Å²) < 4.78 is 32.3. The zero-order chi connectivity index (χ0) is 15.2. The third-order valence-corrected chi connectivity index (χ3v) is 5.78. The number of esters is 1. The Bertz CT molecular complexity index is 405. The lowest BCUT2D eigenvalue weighted by atomic mass is 9.96. The molecule has 118 valence electrons. The Labute approximate surface area is 122 Å². The highest BCUT2D eigenvalue weighted by Gasteiger charge is 2.30. The van der Waals surface area contributed by atoms with Crippen molar-refractivity contribution >= 4 is 16.2 Å². The van der Waals surface area contributed by atoms with Crippen LogP contribution in [0, 0.1) is 0 Å². The number of carbonyl (C=O) groups is 1. The van der Waals surface area contributed by atoms with Crippen LogP contribution in [0.3, 0.4) is 0 Å². The zero-order valence-electron chi connectivity index (χ0n) is 12.7. The van der Waals surface area contributed by atoms with Crippen molar-refractivity contribution in [3.8, 4) is 0 Å². The van der Waals surface area contributed by atoms with Crippen LogP contribution < -0.4 is 0 Å². The Morgan fingerprint density at radius 2 is 1.80 bits per heavy atom. The SMILES string of the molecule is CCOC(=O)CCN(C)S(=O)(=O)N(C)C1CCCCC1. The molecule has 0 aromatic carbocycles. The molecule has 0 aliphatic heterocycles. The molecule has 0 amide bonds. The minimum absolute atomic E-state index is 0.0822. The van der Waals surface area contributed by atoms with Crippen molar-refractivity contribution in [2.24, 2.45) is 0 Å². The summed E-state index contributed by atoms with van der Waals surface area (Å²) in [4.78, 5) is 11.3. The van der Waals surface area contributed by atoms with Crippen LogP contribution in [0.1, 0.15) is 45.4 Å². The molecule has 0 aromatic heterocycles. The van der Waals surface area contributed by atoms with Crippen LogP contribution in [0.15, 0.2) is 0 Å². The van der Waals surface area contributed by atoms with Crippen molar-refractivity contribution in [3.05, 3.63) is 0 Å². The van der Waals surface area contributed by atoms with E-state index in [9.17, 15) is 13.2 Å². The molecule has 0 radical (unpaired) electrons. The number of carbonyl (C=O) groups excluding carboxylic acids is 1. The topological polar surface area (TPSA) is 66.9 Å². The molecular weight excluding hydrogens is 280 g/mol. The number of rotatable bonds is 7. The fraction of sp³-hybridized carbons (Fsp3) is 0.923. The summed E-state index contributed by atoms with van der Waals surface area (Å²) in [5.41, 5.74) is 0. The smallest absolute Gasteiger partial charge is 0.307 e. The van der Waals surface area contributed by atoms with Crippen molar-refractivity contribution < 1.29 is 17.9 Å². The van der Waals surface area contributed by atoms with E-state index in [1.165, 1.54) is 22.1 Å². The maximum absolute atomic E-state index is 12.4. The summed E-state index contributed by atoms with van der Waals surface area (Å²) in [7, 11) is -0.351. The second-order valence-electron chi connectivity index (χ2n) is 5.19. The molecule has 6 nitrogen and oxygen atoms in total. The van der Waals surface area contributed by atoms with Crippen LogP contribution in [-0.4, -0.2) is 56.3 Å². The van der Waals surface area contributed by atoms with Crippen LogP contribution >= 0.6 is 0 Å². The molecule has 1 aliphatic rings. The second kappa shape index (κ2) is 7.95. The van der Waals surface area contributed by atoms with Crippen molar-refractivity contribution in [2.45, 2.75) is 51.5 Å². The van der Waals surface area contributed by atoms with Gasteiger partial charge in [-0.3, -0.25) is 4.79 Å². The molecule has 0 spiro atoms. The first-order chi connectivity index (χ1) is 9.39. The van der Waals surface area contributed by atoms with Gasteiger partial charge in [0.05, 0.1) is 13.0 Å². The van der Waals surface area contributed by atoms with Gasteiger partial charge in [0, 0.05) is 26.7 Å². The van der Waals surface area contributed by atoms with Gasteiger partial charge in [-0.2, -0.15) is 17.0 Å². The fourth-order valence-electron chi connectivity index (χ4n) is 2.45. The average Bonchev–Trinajstić information content (AvgIpc) is 2.45. The highest BCUT2D eigenvalue weighted by atomic mass is 32.2. The van der Waals surface area contributed by atoms with Crippen molar-refractivity contribution in [1.82, 2.24) is 8.61 Å². The van der Waals surface area contributed by atoms with Crippen LogP contribution in [0.25, 0.3) is 0 Å². The van der Waals surface area contributed by atoms with Gasteiger partial charge in [0.25, 0.3) is 10.2 Å². The van der Waals surface area contributed by atoms with E-state index in [2.05, 4.69) is 0 Å². The van der Waals surface area contributed by atoms with Crippen LogP contribution in [0.2, 0.25) is 0 Å². The normalized spacial score (nSPS) is 17.6. The highest BCUT2D eigenvalue weighted by molar-refractivity contribution is 7.86. The Morgan fingerprint density at radius 3 is 2.35 bits per heavy atom. The zero-order valence-corrected chi connectivity index (χ0v) is 13.5. The molecule has 0 aromatic rings. The molecule has 1 rings (SSSR count). The third-order valence-electron chi connectivity index (χ3n) is 3.78. The van der Waals surface area contributed by atoms with E-state index < -0.39 is 10.2 Å². The Hall–Kier alpha value is -0.660. The largest absolute Gasteiger partial charge is 0.466 e. The lowest BCUT2D eigenvalue weighted by molar-refractivity contribution is -0.143. The van der Waals surface area contributed by atoms with E-state index in [0.717, 1.165) is 25.7 Å². The van der Waals surface area contributed by atoms with Gasteiger partial charge in [-0.25, -0.2) is 0 Å². The summed E-state index contributed by atoms with van der Waals surface area (Å²) in [6.07, 6.45) is 5.27. The molecule has 1 aliphatic carbocycles. The molecule has 0 unspecified atom stereocenters. The number of hydrogen-bond donors (Lipinski definition) is 0. The van der Waals surface area contributed by atoms with Crippen LogP contribution in [-0.2, 0) is 19.7 Å². The summed E-state index contributed by atoms with van der Waals surface area (Å²) in [5.74, 6) is -0.366. The maximum atomic E-state index is 12.4. The molecule has 0 bridgehead atoms. The van der Waals surface area contributed by atoms with E-state index in [0.29, 0.717) is 6.61 Å². The van der Waals surface area contributed by atoms with Gasteiger partial charge < -0.3 is 4.74 Å². The van der Waals surface area contributed by atoms with Gasteiger partial charge in [-0.05, 0) is 19.8 Å². The number of hydrogen-bond acceptors (Lipinski definition) is 4. The predicted octanol–water partition coefficient (Wildman–Crippen LogP) is 1.38. The first-order valence-electron chi connectivity index (χ1n) is 7.24.